The summed E-state index contributed by atoms with van der Waals surface area (Å²) in [6, 6.07) is 8.02. The summed E-state index contributed by atoms with van der Waals surface area (Å²) in [7, 11) is 0. The Hall–Kier alpha value is -2.53. The fraction of sp³-hybridized carbons (Fsp3) is 0.278. The maximum absolute atomic E-state index is 12.0. The monoisotopic (exact) mass is 308 g/mol. The van der Waals surface area contributed by atoms with Gasteiger partial charge in [0.15, 0.2) is 0 Å². The molecule has 1 fully saturated rings. The standard InChI is InChI=1S/C18H20N4O/c23-18(7-6-17-13-19-8-9-20-17)21-16-5-3-4-15(12-16)14-22-10-1-2-11-22/h3-9,12-13H,1-2,10-11,14H2,(H,21,23). The molecule has 0 bridgehead atoms. The first kappa shape index (κ1) is 15.4. The third-order valence-electron chi connectivity index (χ3n) is 3.79. The van der Waals surface area contributed by atoms with Gasteiger partial charge in [-0.2, -0.15) is 0 Å². The number of carbonyl (C=O) groups excluding carboxylic acids is 1. The Balaban J connectivity index is 1.58. The molecule has 1 aliphatic rings. The van der Waals surface area contributed by atoms with Crippen molar-refractivity contribution in [3.05, 3.63) is 60.2 Å². The molecule has 0 unspecified atom stereocenters. The van der Waals surface area contributed by atoms with E-state index in [1.807, 2.05) is 18.2 Å². The van der Waals surface area contributed by atoms with E-state index in [1.54, 1.807) is 24.7 Å². The molecular formula is C18H20N4O. The van der Waals surface area contributed by atoms with Gasteiger partial charge in [-0.3, -0.25) is 19.7 Å². The van der Waals surface area contributed by atoms with E-state index < -0.39 is 0 Å². The summed E-state index contributed by atoms with van der Waals surface area (Å²) in [6.07, 6.45) is 10.5. The lowest BCUT2D eigenvalue weighted by molar-refractivity contribution is -0.111. The Morgan fingerprint density at radius 2 is 2.13 bits per heavy atom. The third kappa shape index (κ3) is 4.72. The van der Waals surface area contributed by atoms with Gasteiger partial charge < -0.3 is 5.32 Å². The molecule has 1 aromatic carbocycles. The Labute approximate surface area is 136 Å². The van der Waals surface area contributed by atoms with Gasteiger partial charge in [-0.05, 0) is 49.7 Å². The van der Waals surface area contributed by atoms with Crippen LogP contribution in [0.4, 0.5) is 5.69 Å². The highest BCUT2D eigenvalue weighted by atomic mass is 16.1. The van der Waals surface area contributed by atoms with Crippen LogP contribution < -0.4 is 5.32 Å². The van der Waals surface area contributed by atoms with Crippen LogP contribution in [-0.2, 0) is 11.3 Å². The van der Waals surface area contributed by atoms with E-state index in [-0.39, 0.29) is 5.91 Å². The lowest BCUT2D eigenvalue weighted by Crippen LogP contribution is -2.18. The second-order valence-electron chi connectivity index (χ2n) is 5.64. The highest BCUT2D eigenvalue weighted by molar-refractivity contribution is 6.01. The molecule has 0 atom stereocenters. The number of likely N-dealkylation sites (tertiary alicyclic amines) is 1. The molecule has 0 spiro atoms. The second kappa shape index (κ2) is 7.65. The summed E-state index contributed by atoms with van der Waals surface area (Å²) in [4.78, 5) is 22.5. The molecule has 1 amide bonds. The number of rotatable bonds is 5. The van der Waals surface area contributed by atoms with Crippen molar-refractivity contribution in [1.82, 2.24) is 14.9 Å². The summed E-state index contributed by atoms with van der Waals surface area (Å²) >= 11 is 0. The van der Waals surface area contributed by atoms with Crippen molar-refractivity contribution in [1.29, 1.82) is 0 Å². The van der Waals surface area contributed by atoms with Crippen LogP contribution in [0.3, 0.4) is 0 Å². The van der Waals surface area contributed by atoms with Crippen LogP contribution in [0.15, 0.2) is 48.9 Å². The van der Waals surface area contributed by atoms with Crippen molar-refractivity contribution >= 4 is 17.7 Å². The van der Waals surface area contributed by atoms with Gasteiger partial charge in [0.25, 0.3) is 0 Å². The second-order valence-corrected chi connectivity index (χ2v) is 5.64. The minimum Gasteiger partial charge on any atom is -0.323 e. The van der Waals surface area contributed by atoms with E-state index in [4.69, 9.17) is 0 Å². The Morgan fingerprint density at radius 3 is 2.91 bits per heavy atom. The van der Waals surface area contributed by atoms with E-state index in [1.165, 1.54) is 24.5 Å². The molecule has 23 heavy (non-hydrogen) atoms. The number of nitrogens with zero attached hydrogens (tertiary/aromatic N) is 3. The van der Waals surface area contributed by atoms with Gasteiger partial charge in [-0.15, -0.1) is 0 Å². The number of hydrogen-bond donors (Lipinski definition) is 1. The molecule has 1 N–H and O–H groups in total. The van der Waals surface area contributed by atoms with E-state index in [2.05, 4.69) is 26.3 Å². The first-order chi connectivity index (χ1) is 11.3. The molecule has 1 aliphatic heterocycles. The van der Waals surface area contributed by atoms with Crippen LogP contribution in [0.5, 0.6) is 0 Å². The van der Waals surface area contributed by atoms with Crippen molar-refractivity contribution < 1.29 is 4.79 Å². The molecule has 0 aliphatic carbocycles. The lowest BCUT2D eigenvalue weighted by atomic mass is 10.2. The van der Waals surface area contributed by atoms with E-state index in [0.29, 0.717) is 5.69 Å². The molecule has 0 radical (unpaired) electrons. The maximum Gasteiger partial charge on any atom is 0.248 e. The number of hydrogen-bond acceptors (Lipinski definition) is 4. The maximum atomic E-state index is 12.0. The van der Waals surface area contributed by atoms with E-state index >= 15 is 0 Å². The average molecular weight is 308 g/mol. The van der Waals surface area contributed by atoms with Crippen molar-refractivity contribution in [2.45, 2.75) is 19.4 Å². The van der Waals surface area contributed by atoms with Crippen LogP contribution in [0.25, 0.3) is 6.08 Å². The van der Waals surface area contributed by atoms with E-state index in [9.17, 15) is 4.79 Å². The molecule has 5 heteroatoms. The van der Waals surface area contributed by atoms with Crippen molar-refractivity contribution in [2.75, 3.05) is 18.4 Å². The molecule has 3 rings (SSSR count). The summed E-state index contributed by atoms with van der Waals surface area (Å²) in [6.45, 7) is 3.27. The number of nitrogens with one attached hydrogen (secondary N) is 1. The Morgan fingerprint density at radius 1 is 1.26 bits per heavy atom. The van der Waals surface area contributed by atoms with Gasteiger partial charge in [0.2, 0.25) is 5.91 Å². The summed E-state index contributed by atoms with van der Waals surface area (Å²) in [5, 5.41) is 2.89. The Kier molecular flexibility index (Phi) is 5.11. The van der Waals surface area contributed by atoms with Crippen LogP contribution in [0.2, 0.25) is 0 Å². The van der Waals surface area contributed by atoms with Crippen LogP contribution in [0, 0.1) is 0 Å². The zero-order valence-corrected chi connectivity index (χ0v) is 13.0. The molecule has 2 aromatic rings. The van der Waals surface area contributed by atoms with Crippen molar-refractivity contribution in [3.63, 3.8) is 0 Å². The summed E-state index contributed by atoms with van der Waals surface area (Å²) < 4.78 is 0. The average Bonchev–Trinajstić information content (AvgIpc) is 3.07. The van der Waals surface area contributed by atoms with Crippen LogP contribution in [0.1, 0.15) is 24.1 Å². The fourth-order valence-corrected chi connectivity index (χ4v) is 2.69. The number of benzene rings is 1. The predicted octanol–water partition coefficient (Wildman–Crippen LogP) is 2.72. The highest BCUT2D eigenvalue weighted by Crippen LogP contribution is 2.16. The molecule has 1 aromatic heterocycles. The first-order valence-electron chi connectivity index (χ1n) is 7.86. The van der Waals surface area contributed by atoms with Crippen molar-refractivity contribution in [2.24, 2.45) is 0 Å². The largest absolute Gasteiger partial charge is 0.323 e. The van der Waals surface area contributed by atoms with Crippen LogP contribution >= 0.6 is 0 Å². The van der Waals surface area contributed by atoms with Gasteiger partial charge >= 0.3 is 0 Å². The predicted molar refractivity (Wildman–Crippen MR) is 90.6 cm³/mol. The minimum atomic E-state index is -0.172. The third-order valence-corrected chi connectivity index (χ3v) is 3.79. The summed E-state index contributed by atoms with van der Waals surface area (Å²) in [5.74, 6) is -0.172. The molecular weight excluding hydrogens is 288 g/mol. The van der Waals surface area contributed by atoms with Gasteiger partial charge in [0.05, 0.1) is 11.9 Å². The quantitative estimate of drug-likeness (QED) is 0.863. The number of aromatic nitrogens is 2. The zero-order valence-electron chi connectivity index (χ0n) is 13.0. The number of carbonyl (C=O) groups is 1. The van der Waals surface area contributed by atoms with Gasteiger partial charge in [0, 0.05) is 30.7 Å². The molecule has 0 saturated carbocycles. The van der Waals surface area contributed by atoms with E-state index in [0.717, 1.165) is 25.3 Å². The molecule has 2 heterocycles. The molecule has 118 valence electrons. The normalized spacial score (nSPS) is 15.1. The minimum absolute atomic E-state index is 0.172. The SMILES string of the molecule is O=C(C=Cc1cnccn1)Nc1cccc(CN2CCCC2)c1. The van der Waals surface area contributed by atoms with Gasteiger partial charge in [-0.1, -0.05) is 12.1 Å². The summed E-state index contributed by atoms with van der Waals surface area (Å²) in [5.41, 5.74) is 2.70. The van der Waals surface area contributed by atoms with Gasteiger partial charge in [-0.25, -0.2) is 0 Å². The topological polar surface area (TPSA) is 58.1 Å². The Bertz CT molecular complexity index is 678. The first-order valence-corrected chi connectivity index (χ1v) is 7.86. The molecule has 5 nitrogen and oxygen atoms in total. The smallest absolute Gasteiger partial charge is 0.248 e. The highest BCUT2D eigenvalue weighted by Gasteiger charge is 2.11. The van der Waals surface area contributed by atoms with Gasteiger partial charge in [0.1, 0.15) is 0 Å². The fourth-order valence-electron chi connectivity index (χ4n) is 2.69. The number of amides is 1. The lowest BCUT2D eigenvalue weighted by Gasteiger charge is -2.15. The number of anilines is 1. The molecule has 1 saturated heterocycles. The zero-order chi connectivity index (χ0) is 15.9. The van der Waals surface area contributed by atoms with Crippen molar-refractivity contribution in [3.8, 4) is 0 Å². The van der Waals surface area contributed by atoms with Crippen LogP contribution in [-0.4, -0.2) is 33.9 Å².